The van der Waals surface area contributed by atoms with Crippen LogP contribution < -0.4 is 19.5 Å². The highest BCUT2D eigenvalue weighted by molar-refractivity contribution is 6.14. The molecule has 8 nitrogen and oxygen atoms in total. The number of carbonyl (C=O) groups is 3. The topological polar surface area (TPSA) is 111 Å². The molecule has 1 aliphatic heterocycles. The summed E-state index contributed by atoms with van der Waals surface area (Å²) in [4.78, 5) is 36.5. The van der Waals surface area contributed by atoms with E-state index in [1.165, 1.54) is 6.07 Å². The van der Waals surface area contributed by atoms with Crippen molar-refractivity contribution in [3.05, 3.63) is 95.2 Å². The van der Waals surface area contributed by atoms with Crippen LogP contribution >= 0.6 is 0 Å². The van der Waals surface area contributed by atoms with Gasteiger partial charge in [0.1, 0.15) is 23.3 Å². The van der Waals surface area contributed by atoms with Crippen LogP contribution in [0.5, 0.6) is 17.2 Å². The van der Waals surface area contributed by atoms with E-state index in [-0.39, 0.29) is 18.0 Å². The third-order valence-corrected chi connectivity index (χ3v) is 5.32. The largest absolute Gasteiger partial charge is 0.497 e. The van der Waals surface area contributed by atoms with Gasteiger partial charge in [0.05, 0.1) is 12.7 Å². The number of methoxy groups -OCH3 is 1. The fraction of sp³-hybridized carbons (Fsp3) is 0.148. The maximum atomic E-state index is 12.7. The van der Waals surface area contributed by atoms with E-state index in [9.17, 15) is 19.5 Å². The van der Waals surface area contributed by atoms with Gasteiger partial charge in [-0.25, -0.2) is 4.79 Å². The Morgan fingerprint density at radius 2 is 1.83 bits per heavy atom. The summed E-state index contributed by atoms with van der Waals surface area (Å²) in [5, 5.41) is 11.9. The van der Waals surface area contributed by atoms with Crippen LogP contribution in [0.25, 0.3) is 6.08 Å². The number of ether oxygens (including phenoxy) is 3. The summed E-state index contributed by atoms with van der Waals surface area (Å²) in [7, 11) is 1.56. The van der Waals surface area contributed by atoms with Crippen LogP contribution in [0.2, 0.25) is 0 Å². The van der Waals surface area contributed by atoms with Gasteiger partial charge in [-0.1, -0.05) is 42.5 Å². The maximum Gasteiger partial charge on any atom is 0.326 e. The summed E-state index contributed by atoms with van der Waals surface area (Å²) in [5.74, 6) is -0.541. The quantitative estimate of drug-likeness (QED) is 0.458. The molecule has 35 heavy (non-hydrogen) atoms. The van der Waals surface area contributed by atoms with Gasteiger partial charge in [-0.2, -0.15) is 0 Å². The number of fused-ring (bicyclic) bond motifs is 1. The number of amides is 1. The van der Waals surface area contributed by atoms with E-state index in [1.807, 2.05) is 18.2 Å². The van der Waals surface area contributed by atoms with E-state index >= 15 is 0 Å². The Kier molecular flexibility index (Phi) is 7.11. The molecule has 3 aromatic rings. The molecule has 0 bridgehead atoms. The molecule has 8 heteroatoms. The van der Waals surface area contributed by atoms with Gasteiger partial charge in [0.15, 0.2) is 12.4 Å². The number of nitrogens with one attached hydrogen (secondary N) is 1. The first-order valence-electron chi connectivity index (χ1n) is 10.8. The number of Topliss-reactive ketones (excluding diaryl/α,β-unsaturated/α-hetero) is 1. The summed E-state index contributed by atoms with van der Waals surface area (Å²) < 4.78 is 16.4. The monoisotopic (exact) mass is 473 g/mol. The van der Waals surface area contributed by atoms with E-state index in [0.717, 1.165) is 11.1 Å². The van der Waals surface area contributed by atoms with Crippen LogP contribution in [0.1, 0.15) is 21.5 Å². The number of hydrogen-bond donors (Lipinski definition) is 2. The molecule has 0 aliphatic carbocycles. The molecule has 1 heterocycles. The van der Waals surface area contributed by atoms with Crippen molar-refractivity contribution < 1.29 is 33.7 Å². The number of ketones is 1. The lowest BCUT2D eigenvalue weighted by molar-refractivity contribution is -0.142. The number of rotatable bonds is 9. The molecule has 3 aromatic carbocycles. The van der Waals surface area contributed by atoms with Gasteiger partial charge in [-0.15, -0.1) is 0 Å². The van der Waals surface area contributed by atoms with Gasteiger partial charge in [0.25, 0.3) is 5.91 Å². The summed E-state index contributed by atoms with van der Waals surface area (Å²) >= 11 is 0. The Morgan fingerprint density at radius 3 is 2.57 bits per heavy atom. The van der Waals surface area contributed by atoms with E-state index < -0.39 is 24.5 Å². The van der Waals surface area contributed by atoms with Crippen molar-refractivity contribution in [2.45, 2.75) is 12.5 Å². The van der Waals surface area contributed by atoms with Crippen molar-refractivity contribution in [2.75, 3.05) is 13.7 Å². The van der Waals surface area contributed by atoms with Gasteiger partial charge in [-0.3, -0.25) is 9.59 Å². The molecule has 0 unspecified atom stereocenters. The van der Waals surface area contributed by atoms with Gasteiger partial charge in [-0.05, 0) is 41.5 Å². The third kappa shape index (κ3) is 5.86. The van der Waals surface area contributed by atoms with Crippen LogP contribution in [-0.4, -0.2) is 42.5 Å². The zero-order valence-corrected chi connectivity index (χ0v) is 18.9. The molecular formula is C27H23NO7. The Morgan fingerprint density at radius 1 is 1.03 bits per heavy atom. The van der Waals surface area contributed by atoms with Crippen LogP contribution in [0.15, 0.2) is 78.6 Å². The minimum Gasteiger partial charge on any atom is -0.497 e. The Labute approximate surface area is 201 Å². The number of hydrogen-bond acceptors (Lipinski definition) is 6. The Balaban J connectivity index is 1.38. The summed E-state index contributed by atoms with van der Waals surface area (Å²) in [6, 6.07) is 19.8. The van der Waals surface area contributed by atoms with Crippen molar-refractivity contribution in [2.24, 2.45) is 0 Å². The highest BCUT2D eigenvalue weighted by atomic mass is 16.5. The smallest absolute Gasteiger partial charge is 0.326 e. The Bertz CT molecular complexity index is 1280. The van der Waals surface area contributed by atoms with Crippen molar-refractivity contribution in [1.29, 1.82) is 0 Å². The molecule has 4 rings (SSSR count). The molecule has 1 atom stereocenters. The zero-order valence-electron chi connectivity index (χ0n) is 18.9. The fourth-order valence-electron chi connectivity index (χ4n) is 3.57. The van der Waals surface area contributed by atoms with E-state index in [2.05, 4.69) is 5.32 Å². The molecule has 0 spiro atoms. The first kappa shape index (κ1) is 23.6. The lowest BCUT2D eigenvalue weighted by Gasteiger charge is -2.15. The number of aliphatic carboxylic acids is 1. The number of carboxylic acid groups (broad SMARTS) is 1. The van der Waals surface area contributed by atoms with Gasteiger partial charge in [0, 0.05) is 12.5 Å². The number of allylic oxidation sites excluding steroid dienone is 1. The SMILES string of the molecule is COc1cccc(/C=C2\Oc3cc(OCC(=O)N[C@H](Cc4ccccc4)C(=O)O)ccc3C2=O)c1. The predicted octanol–water partition coefficient (Wildman–Crippen LogP) is 3.50. The molecule has 0 saturated carbocycles. The molecule has 178 valence electrons. The maximum absolute atomic E-state index is 12.7. The normalized spacial score (nSPS) is 14.1. The summed E-state index contributed by atoms with van der Waals surface area (Å²) in [6.07, 6.45) is 1.77. The van der Waals surface area contributed by atoms with E-state index in [0.29, 0.717) is 22.8 Å². The first-order chi connectivity index (χ1) is 16.9. The van der Waals surface area contributed by atoms with Crippen LogP contribution in [0.4, 0.5) is 0 Å². The number of carbonyl (C=O) groups excluding carboxylic acids is 2. The van der Waals surface area contributed by atoms with Gasteiger partial charge in [0.2, 0.25) is 5.78 Å². The van der Waals surface area contributed by atoms with Crippen molar-refractivity contribution >= 4 is 23.7 Å². The standard InChI is InChI=1S/C27H23NO7/c1-33-19-9-5-8-18(12-19)14-24-26(30)21-11-10-20(15-23(21)35-24)34-16-25(29)28-22(27(31)32)13-17-6-3-2-4-7-17/h2-12,14-15,22H,13,16H2,1H3,(H,28,29)(H,31,32)/b24-14-/t22-/m1/s1. The van der Waals surface area contributed by atoms with Gasteiger partial charge < -0.3 is 24.6 Å². The van der Waals surface area contributed by atoms with Crippen LogP contribution in [0, 0.1) is 0 Å². The second kappa shape index (κ2) is 10.6. The number of carboxylic acids is 1. The summed E-state index contributed by atoms with van der Waals surface area (Å²) in [6.45, 7) is -0.391. The summed E-state index contributed by atoms with van der Waals surface area (Å²) in [5.41, 5.74) is 1.92. The molecule has 1 amide bonds. The second-order valence-corrected chi connectivity index (χ2v) is 7.81. The first-order valence-corrected chi connectivity index (χ1v) is 10.8. The predicted molar refractivity (Wildman–Crippen MR) is 128 cm³/mol. The molecule has 0 radical (unpaired) electrons. The molecule has 2 N–H and O–H groups in total. The minimum atomic E-state index is -1.14. The Hall–Kier alpha value is -4.59. The second-order valence-electron chi connectivity index (χ2n) is 7.81. The van der Waals surface area contributed by atoms with Crippen LogP contribution in [0.3, 0.4) is 0 Å². The highest BCUT2D eigenvalue weighted by Crippen LogP contribution is 2.35. The van der Waals surface area contributed by atoms with Gasteiger partial charge >= 0.3 is 5.97 Å². The van der Waals surface area contributed by atoms with E-state index in [4.69, 9.17) is 14.2 Å². The van der Waals surface area contributed by atoms with Crippen LogP contribution in [-0.2, 0) is 16.0 Å². The lowest BCUT2D eigenvalue weighted by atomic mass is 10.1. The molecule has 0 saturated heterocycles. The van der Waals surface area contributed by atoms with E-state index in [1.54, 1.807) is 61.7 Å². The lowest BCUT2D eigenvalue weighted by Crippen LogP contribution is -2.44. The highest BCUT2D eigenvalue weighted by Gasteiger charge is 2.28. The molecular weight excluding hydrogens is 450 g/mol. The van der Waals surface area contributed by atoms with Crippen molar-refractivity contribution in [1.82, 2.24) is 5.32 Å². The molecule has 1 aliphatic rings. The number of benzene rings is 3. The fourth-order valence-corrected chi connectivity index (χ4v) is 3.57. The average molecular weight is 473 g/mol. The minimum absolute atomic E-state index is 0.152. The average Bonchev–Trinajstić information content (AvgIpc) is 3.17. The third-order valence-electron chi connectivity index (χ3n) is 5.32. The van der Waals surface area contributed by atoms with Crippen molar-refractivity contribution in [3.8, 4) is 17.2 Å². The molecule has 0 fully saturated rings. The molecule has 0 aromatic heterocycles. The van der Waals surface area contributed by atoms with Crippen molar-refractivity contribution in [3.63, 3.8) is 0 Å². The zero-order chi connectivity index (χ0) is 24.8.